The second-order valence-corrected chi connectivity index (χ2v) is 3.09. The van der Waals surface area contributed by atoms with E-state index in [1.165, 1.54) is 6.20 Å². The number of carbonyl (C=O) groups excluding carboxylic acids is 1. The van der Waals surface area contributed by atoms with E-state index in [1.807, 2.05) is 24.3 Å². The van der Waals surface area contributed by atoms with Gasteiger partial charge in [0.1, 0.15) is 0 Å². The maximum atomic E-state index is 11.1. The Morgan fingerprint density at radius 1 is 1.21 bits per heavy atom. The van der Waals surface area contributed by atoms with Crippen molar-refractivity contribution in [2.75, 3.05) is 5.73 Å². The van der Waals surface area contributed by atoms with Gasteiger partial charge < -0.3 is 5.73 Å². The zero-order chi connectivity index (χ0) is 9.97. The molecule has 0 atom stereocenters. The molecule has 0 saturated heterocycles. The average molecular weight is 187 g/mol. The van der Waals surface area contributed by atoms with Crippen LogP contribution in [0.2, 0.25) is 0 Å². The van der Waals surface area contributed by atoms with Gasteiger partial charge in [0.05, 0.1) is 6.20 Å². The molecule has 1 aromatic rings. The number of carbonyl (C=O) groups is 1. The minimum Gasteiger partial charge on any atom is -0.399 e. The summed E-state index contributed by atoms with van der Waals surface area (Å²) in [5.41, 5.74) is 7.91. The zero-order valence-corrected chi connectivity index (χ0v) is 7.47. The van der Waals surface area contributed by atoms with Gasteiger partial charge in [-0.15, -0.1) is 5.11 Å². The van der Waals surface area contributed by atoms with Gasteiger partial charge in [-0.25, -0.2) is 0 Å². The van der Waals surface area contributed by atoms with Gasteiger partial charge in [0.15, 0.2) is 0 Å². The van der Waals surface area contributed by atoms with Gasteiger partial charge in [0.25, 0.3) is 5.91 Å². The van der Waals surface area contributed by atoms with E-state index in [-0.39, 0.29) is 5.91 Å². The average Bonchev–Trinajstić information content (AvgIpc) is 2.56. The van der Waals surface area contributed by atoms with E-state index in [4.69, 9.17) is 5.73 Å². The van der Waals surface area contributed by atoms with Crippen LogP contribution in [0, 0.1) is 0 Å². The van der Waals surface area contributed by atoms with Crippen LogP contribution in [0.3, 0.4) is 0 Å². The van der Waals surface area contributed by atoms with Crippen LogP contribution in [-0.2, 0) is 11.2 Å². The molecule has 0 spiro atoms. The van der Waals surface area contributed by atoms with Gasteiger partial charge in [-0.2, -0.15) is 5.11 Å². The van der Waals surface area contributed by atoms with Crippen LogP contribution in [0.5, 0.6) is 0 Å². The minimum atomic E-state index is -0.248. The van der Waals surface area contributed by atoms with E-state index in [0.717, 1.165) is 11.3 Å². The summed E-state index contributed by atoms with van der Waals surface area (Å²) >= 11 is 0. The second-order valence-electron chi connectivity index (χ2n) is 3.09. The number of rotatable bonds is 2. The fraction of sp³-hybridized carbons (Fsp3) is 0.100. The van der Waals surface area contributed by atoms with Crippen molar-refractivity contribution in [2.45, 2.75) is 6.42 Å². The number of benzene rings is 1. The molecule has 4 heteroatoms. The number of nitrogens with zero attached hydrogens (tertiary/aromatic N) is 2. The third-order valence-corrected chi connectivity index (χ3v) is 2.01. The third kappa shape index (κ3) is 1.69. The summed E-state index contributed by atoms with van der Waals surface area (Å²) in [5.74, 6) is -0.248. The highest BCUT2D eigenvalue weighted by molar-refractivity contribution is 5.95. The summed E-state index contributed by atoms with van der Waals surface area (Å²) in [6.07, 6.45) is 2.06. The molecule has 0 fully saturated rings. The molecule has 4 nitrogen and oxygen atoms in total. The highest BCUT2D eigenvalue weighted by atomic mass is 16.2. The van der Waals surface area contributed by atoms with Crippen LogP contribution in [0.25, 0.3) is 0 Å². The molecule has 1 aliphatic heterocycles. The molecular weight excluding hydrogens is 178 g/mol. The molecule has 1 aromatic carbocycles. The van der Waals surface area contributed by atoms with Crippen molar-refractivity contribution in [3.8, 4) is 0 Å². The van der Waals surface area contributed by atoms with E-state index in [2.05, 4.69) is 10.2 Å². The van der Waals surface area contributed by atoms with Crippen molar-refractivity contribution in [1.82, 2.24) is 0 Å². The molecule has 1 amide bonds. The molecule has 0 aliphatic carbocycles. The monoisotopic (exact) mass is 187 g/mol. The first-order valence-corrected chi connectivity index (χ1v) is 4.24. The Morgan fingerprint density at radius 2 is 1.93 bits per heavy atom. The topological polar surface area (TPSA) is 67.8 Å². The molecule has 1 heterocycles. The summed E-state index contributed by atoms with van der Waals surface area (Å²) in [6.45, 7) is 0. The number of nitrogen functional groups attached to an aromatic ring is 1. The molecule has 1 aliphatic rings. The fourth-order valence-electron chi connectivity index (χ4n) is 1.25. The summed E-state index contributed by atoms with van der Waals surface area (Å²) in [6, 6.07) is 7.40. The number of anilines is 1. The van der Waals surface area contributed by atoms with Crippen molar-refractivity contribution >= 4 is 11.6 Å². The van der Waals surface area contributed by atoms with Crippen LogP contribution in [0.1, 0.15) is 5.56 Å². The predicted molar refractivity (Wildman–Crippen MR) is 52.5 cm³/mol. The van der Waals surface area contributed by atoms with Crippen molar-refractivity contribution in [1.29, 1.82) is 0 Å². The highest BCUT2D eigenvalue weighted by Gasteiger charge is 2.13. The summed E-state index contributed by atoms with van der Waals surface area (Å²) in [5, 5.41) is 6.95. The first-order valence-electron chi connectivity index (χ1n) is 4.24. The number of nitrogens with two attached hydrogens (primary N) is 1. The number of azo groups is 1. The van der Waals surface area contributed by atoms with Gasteiger partial charge in [-0.1, -0.05) is 12.1 Å². The Hall–Kier alpha value is -1.97. The summed E-state index contributed by atoms with van der Waals surface area (Å²) < 4.78 is 0. The quantitative estimate of drug-likeness (QED) is 0.716. The van der Waals surface area contributed by atoms with Gasteiger partial charge in [0.2, 0.25) is 0 Å². The van der Waals surface area contributed by atoms with Crippen LogP contribution in [0.4, 0.5) is 5.69 Å². The standard InChI is InChI=1S/C10H9N3O/c11-9-3-1-7(2-4-9)5-8-6-12-13-10(8)14/h1-4,6H,5,11H2. The molecule has 0 aromatic heterocycles. The van der Waals surface area contributed by atoms with E-state index < -0.39 is 0 Å². The minimum absolute atomic E-state index is 0.248. The lowest BCUT2D eigenvalue weighted by Gasteiger charge is -2.00. The lowest BCUT2D eigenvalue weighted by molar-refractivity contribution is -0.114. The maximum absolute atomic E-state index is 11.1. The molecular formula is C10H9N3O. The summed E-state index contributed by atoms with van der Waals surface area (Å²) in [4.78, 5) is 11.1. The number of hydrogen-bond acceptors (Lipinski definition) is 3. The molecule has 0 saturated carbocycles. The molecule has 70 valence electrons. The largest absolute Gasteiger partial charge is 0.399 e. The Bertz CT molecular complexity index is 417. The fourth-order valence-corrected chi connectivity index (χ4v) is 1.25. The van der Waals surface area contributed by atoms with Gasteiger partial charge >= 0.3 is 0 Å². The Morgan fingerprint density at radius 3 is 2.50 bits per heavy atom. The van der Waals surface area contributed by atoms with Gasteiger partial charge in [0, 0.05) is 17.7 Å². The maximum Gasteiger partial charge on any atom is 0.293 e. The molecule has 14 heavy (non-hydrogen) atoms. The zero-order valence-electron chi connectivity index (χ0n) is 7.47. The van der Waals surface area contributed by atoms with Crippen LogP contribution < -0.4 is 5.73 Å². The Balaban J connectivity index is 2.12. The predicted octanol–water partition coefficient (Wildman–Crippen LogP) is 1.69. The molecule has 0 unspecified atom stereocenters. The van der Waals surface area contributed by atoms with Crippen molar-refractivity contribution in [3.05, 3.63) is 41.6 Å². The molecule has 2 rings (SSSR count). The Kier molecular flexibility index (Phi) is 2.10. The molecule has 0 bridgehead atoms. The molecule has 2 N–H and O–H groups in total. The highest BCUT2D eigenvalue weighted by Crippen LogP contribution is 2.15. The number of hydrogen-bond donors (Lipinski definition) is 1. The number of amides is 1. The van der Waals surface area contributed by atoms with E-state index >= 15 is 0 Å². The van der Waals surface area contributed by atoms with E-state index in [9.17, 15) is 4.79 Å². The first kappa shape index (κ1) is 8.62. The van der Waals surface area contributed by atoms with E-state index in [0.29, 0.717) is 12.0 Å². The van der Waals surface area contributed by atoms with Gasteiger partial charge in [-0.3, -0.25) is 4.79 Å². The normalized spacial score (nSPS) is 14.6. The Labute approximate surface area is 81.1 Å². The summed E-state index contributed by atoms with van der Waals surface area (Å²) in [7, 11) is 0. The smallest absolute Gasteiger partial charge is 0.293 e. The van der Waals surface area contributed by atoms with Crippen molar-refractivity contribution < 1.29 is 4.79 Å². The first-order chi connectivity index (χ1) is 6.75. The van der Waals surface area contributed by atoms with Crippen LogP contribution in [0.15, 0.2) is 46.3 Å². The van der Waals surface area contributed by atoms with Gasteiger partial charge in [-0.05, 0) is 17.7 Å². The lowest BCUT2D eigenvalue weighted by Crippen LogP contribution is -1.98. The lowest BCUT2D eigenvalue weighted by atomic mass is 10.1. The van der Waals surface area contributed by atoms with Crippen molar-refractivity contribution in [3.63, 3.8) is 0 Å². The van der Waals surface area contributed by atoms with E-state index in [1.54, 1.807) is 0 Å². The SMILES string of the molecule is Nc1ccc(CC2=CN=NC2=O)cc1. The van der Waals surface area contributed by atoms with Crippen LogP contribution in [-0.4, -0.2) is 5.91 Å². The van der Waals surface area contributed by atoms with Crippen LogP contribution >= 0.6 is 0 Å². The van der Waals surface area contributed by atoms with Crippen molar-refractivity contribution in [2.24, 2.45) is 10.2 Å². The third-order valence-electron chi connectivity index (χ3n) is 2.01. The molecule has 0 radical (unpaired) electrons. The second kappa shape index (κ2) is 3.41.